The number of nitrogens with one attached hydrogen (secondary N) is 13. The lowest BCUT2D eigenvalue weighted by molar-refractivity contribution is -0.144. The van der Waals surface area contributed by atoms with Gasteiger partial charge < -0.3 is 89.3 Å². The average molecular weight is 1570 g/mol. The highest BCUT2D eigenvalue weighted by Crippen LogP contribution is 2.23. The lowest BCUT2D eigenvalue weighted by Gasteiger charge is -2.31. The van der Waals surface area contributed by atoms with Crippen LogP contribution < -0.4 is 69.1 Å². The van der Waals surface area contributed by atoms with Gasteiger partial charge in [0.15, 0.2) is 11.9 Å². The van der Waals surface area contributed by atoms with Crippen LogP contribution in [-0.4, -0.2) is 215 Å². The number of unbranched alkanes of at least 4 members (excludes halogenated alkanes) is 2. The number of aliphatic carboxylic acids is 1. The van der Waals surface area contributed by atoms with E-state index >= 15 is 9.59 Å². The van der Waals surface area contributed by atoms with Gasteiger partial charge in [0.1, 0.15) is 66.2 Å². The molecule has 4 aromatic carbocycles. The maximum absolute atomic E-state index is 15.2. The summed E-state index contributed by atoms with van der Waals surface area (Å²) in [4.78, 5) is 172. The number of likely N-dealkylation sites (tertiary alicyclic amines) is 1. The van der Waals surface area contributed by atoms with Crippen molar-refractivity contribution in [3.63, 3.8) is 0 Å². The molecule has 1 aliphatic rings. The summed E-state index contributed by atoms with van der Waals surface area (Å²) in [6.45, 7) is 16.1. The van der Waals surface area contributed by atoms with Gasteiger partial charge in [-0.05, 0) is 162 Å². The third kappa shape index (κ3) is 30.4. The van der Waals surface area contributed by atoms with Crippen molar-refractivity contribution in [1.29, 1.82) is 0 Å². The van der Waals surface area contributed by atoms with Crippen molar-refractivity contribution in [2.24, 2.45) is 15.9 Å². The van der Waals surface area contributed by atoms with E-state index in [0.717, 1.165) is 10.8 Å². The van der Waals surface area contributed by atoms with Gasteiger partial charge in [0.25, 0.3) is 0 Å². The minimum atomic E-state index is -1.82. The Morgan fingerprint density at radius 3 is 1.46 bits per heavy atom. The summed E-state index contributed by atoms with van der Waals surface area (Å²) in [6.07, 6.45) is 4.59. The molecule has 1 fully saturated rings. The van der Waals surface area contributed by atoms with Crippen LogP contribution in [0.1, 0.15) is 135 Å². The minimum Gasteiger partial charge on any atom is -0.508 e. The molecule has 32 heteroatoms. The number of aliphatic hydroxyl groups excluding tert-OH is 1. The molecule has 0 bridgehead atoms. The molecule has 112 heavy (non-hydrogen) atoms. The van der Waals surface area contributed by atoms with Crippen LogP contribution in [-0.2, 0) is 78.4 Å². The number of carbonyl (C=O) groups excluding carboxylic acids is 10. The number of aromatic hydroxyl groups is 1. The largest absolute Gasteiger partial charge is 0.508 e. The predicted octanol–water partition coefficient (Wildman–Crippen LogP) is 2.87. The number of hydrogen-bond donors (Lipinski definition) is 16. The average Bonchev–Trinajstić information content (AvgIpc) is 1.06. The standard InChI is InChI=1S/C80H112ClN17O14/c1-9-83-79(84-10-2)87-38-17-15-24-60(69(102)93-62(41-49(5)6)70(103)92-61(25-16-18-39-88-80(85-11-3)86-12-4)77(110)98-40-20-26-68(98)76(109)89-50(7)78(111)112)91-72(105)64(44-53-30-35-59(101)36-31-53)96-75(108)67(48-99)97-74(107)66(46-55-21-19-37-82-47-55)95-73(106)65(43-52-28-33-58(81)34-29-52)94-71(104)63(90-51(8)100)45-54-27-32-56-22-13-14-23-57(56)42-54/h13-14,19,21-23,27-37,42,47,49-50,60-68,99,101H,9-12,15-18,20,24-26,38-41,43-46,48H2,1-8H3,(H,89,109)(H,90,100)(H,91,105)(H,92,103)(H,93,102)(H,94,104)(H,95,106)(H,96,108)(H,97,107)(H,111,112)(H2,83,84,87)(H2,85,86,88)/t50?,60-,61+,62+,63-,64+,65-,66-,67+,68?/m1/s1. The van der Waals surface area contributed by atoms with Crippen molar-refractivity contribution < 1.29 is 68.1 Å². The van der Waals surface area contributed by atoms with E-state index in [-0.39, 0.29) is 82.5 Å². The third-order valence-electron chi connectivity index (χ3n) is 18.4. The van der Waals surface area contributed by atoms with Crippen molar-refractivity contribution in [3.8, 4) is 5.75 Å². The molecule has 6 rings (SSSR count). The number of aliphatic imine (C=N–C) groups is 2. The van der Waals surface area contributed by atoms with Crippen LogP contribution in [0, 0.1) is 5.92 Å². The first-order valence-corrected chi connectivity index (χ1v) is 38.9. The number of carbonyl (C=O) groups is 11. The minimum absolute atomic E-state index is 0.0354. The Bertz CT molecular complexity index is 3970. The number of phenols is 1. The number of benzene rings is 4. The quantitative estimate of drug-likeness (QED) is 0.0151. The lowest BCUT2D eigenvalue weighted by Crippen LogP contribution is -2.61. The summed E-state index contributed by atoms with van der Waals surface area (Å²) in [5.41, 5.74) is 2.12. The zero-order valence-electron chi connectivity index (χ0n) is 65.2. The second-order valence-corrected chi connectivity index (χ2v) is 28.4. The van der Waals surface area contributed by atoms with E-state index in [0.29, 0.717) is 97.6 Å². The number of amides is 10. The molecule has 0 radical (unpaired) electrons. The molecule has 1 aliphatic heterocycles. The smallest absolute Gasteiger partial charge is 0.325 e. The summed E-state index contributed by atoms with van der Waals surface area (Å²) in [6, 6.07) is 14.9. The lowest BCUT2D eigenvalue weighted by atomic mass is 9.99. The third-order valence-corrected chi connectivity index (χ3v) is 18.7. The fraction of sp³-hybridized carbons (Fsp3) is 0.500. The molecule has 2 unspecified atom stereocenters. The molecular formula is C80H112ClN17O14. The van der Waals surface area contributed by atoms with Crippen LogP contribution in [0.15, 0.2) is 126 Å². The maximum Gasteiger partial charge on any atom is 0.325 e. The van der Waals surface area contributed by atoms with Crippen LogP contribution in [0.4, 0.5) is 0 Å². The van der Waals surface area contributed by atoms with Gasteiger partial charge in [0.05, 0.1) is 6.61 Å². The Morgan fingerprint density at radius 2 is 0.955 bits per heavy atom. The number of carboxylic acid groups (broad SMARTS) is 1. The van der Waals surface area contributed by atoms with E-state index in [9.17, 15) is 58.5 Å². The number of nitrogens with zero attached hydrogens (tertiary/aromatic N) is 4. The summed E-state index contributed by atoms with van der Waals surface area (Å²) >= 11 is 6.26. The highest BCUT2D eigenvalue weighted by molar-refractivity contribution is 6.30. The normalized spacial score (nSPS) is 14.8. The number of fused-ring (bicyclic) bond motifs is 1. The highest BCUT2D eigenvalue weighted by Gasteiger charge is 2.40. The molecule has 0 spiro atoms. The van der Waals surface area contributed by atoms with Gasteiger partial charge in [0.2, 0.25) is 59.1 Å². The summed E-state index contributed by atoms with van der Waals surface area (Å²) in [7, 11) is 0. The number of rotatable bonds is 44. The first-order chi connectivity index (χ1) is 53.7. The molecule has 0 aliphatic carbocycles. The van der Waals surface area contributed by atoms with Crippen molar-refractivity contribution in [2.45, 2.75) is 199 Å². The molecule has 1 aromatic heterocycles. The fourth-order valence-corrected chi connectivity index (χ4v) is 12.8. The van der Waals surface area contributed by atoms with Crippen molar-refractivity contribution in [1.82, 2.24) is 79.0 Å². The summed E-state index contributed by atoms with van der Waals surface area (Å²) in [5, 5.41) is 70.3. The van der Waals surface area contributed by atoms with Gasteiger partial charge in [-0.25, -0.2) is 0 Å². The van der Waals surface area contributed by atoms with Gasteiger partial charge in [-0.2, -0.15) is 0 Å². The Hall–Kier alpha value is -10.9. The highest BCUT2D eigenvalue weighted by atomic mass is 35.5. The number of pyridine rings is 1. The van der Waals surface area contributed by atoms with Gasteiger partial charge >= 0.3 is 5.97 Å². The van der Waals surface area contributed by atoms with Gasteiger partial charge in [-0.3, -0.25) is 67.7 Å². The number of carboxylic acids is 1. The van der Waals surface area contributed by atoms with Crippen LogP contribution >= 0.6 is 11.6 Å². The Labute approximate surface area is 659 Å². The molecule has 10 atom stereocenters. The number of halogens is 1. The predicted molar refractivity (Wildman–Crippen MR) is 427 cm³/mol. The van der Waals surface area contributed by atoms with E-state index in [2.05, 4.69) is 84.1 Å². The number of aliphatic hydroxyl groups is 1. The van der Waals surface area contributed by atoms with Crippen molar-refractivity contribution in [2.75, 3.05) is 52.4 Å². The number of aromatic nitrogens is 1. The second-order valence-electron chi connectivity index (χ2n) is 28.0. The van der Waals surface area contributed by atoms with Crippen molar-refractivity contribution >= 4 is 99.3 Å². The van der Waals surface area contributed by atoms with Gasteiger partial charge in [0, 0.05) is 95.8 Å². The van der Waals surface area contributed by atoms with Crippen molar-refractivity contribution in [3.05, 3.63) is 143 Å². The second kappa shape index (κ2) is 47.3. The Balaban J connectivity index is 1.29. The Morgan fingerprint density at radius 1 is 0.509 bits per heavy atom. The molecule has 5 aromatic rings. The molecular weight excluding hydrogens is 1460 g/mol. The number of hydrogen-bond acceptors (Lipinski definition) is 16. The molecule has 1 saturated heterocycles. The van der Waals surface area contributed by atoms with E-state index in [1.165, 1.54) is 55.4 Å². The fourth-order valence-electron chi connectivity index (χ4n) is 12.7. The van der Waals surface area contributed by atoms with E-state index in [1.807, 2.05) is 84.0 Å². The van der Waals surface area contributed by atoms with Crippen LogP contribution in [0.5, 0.6) is 5.75 Å². The van der Waals surface area contributed by atoms with Gasteiger partial charge in [-0.1, -0.05) is 98.2 Å². The van der Waals surface area contributed by atoms with E-state index in [4.69, 9.17) is 11.6 Å². The Kier molecular flexibility index (Phi) is 38.0. The van der Waals surface area contributed by atoms with Gasteiger partial charge in [-0.15, -0.1) is 0 Å². The summed E-state index contributed by atoms with van der Waals surface area (Å²) in [5.74, 6) is -8.41. The van der Waals surface area contributed by atoms with E-state index in [1.54, 1.807) is 36.4 Å². The molecule has 608 valence electrons. The zero-order valence-corrected chi connectivity index (χ0v) is 65.9. The maximum atomic E-state index is 15.2. The van der Waals surface area contributed by atoms with Crippen LogP contribution in [0.3, 0.4) is 0 Å². The molecule has 10 amide bonds. The first kappa shape index (κ1) is 89.9. The number of guanidine groups is 2. The topological polar surface area (TPSA) is 446 Å². The molecule has 31 nitrogen and oxygen atoms in total. The number of phenolic OH excluding ortho intramolecular Hbond substituents is 1. The summed E-state index contributed by atoms with van der Waals surface area (Å²) < 4.78 is 0. The molecule has 0 saturated carbocycles. The SMILES string of the molecule is CCNC(=NCCCC[C@H](NC(=O)[C@H](CC(C)C)NC(=O)[C@@H](CCCCN=C(NCC)NCC)NC(=O)[C@H](Cc1ccc(O)cc1)NC(=O)[C@H](CO)NC(=O)[C@@H](Cc1cccnc1)NC(=O)[C@@H](Cc1ccc(Cl)cc1)NC(=O)[C@@H](Cc1ccc2ccccc2c1)NC(C)=O)C(=O)N1CCCC1C(=O)NC(C)C(=O)O)NCC. The monoisotopic (exact) mass is 1570 g/mol. The van der Waals surface area contributed by atoms with Crippen LogP contribution in [0.2, 0.25) is 5.02 Å². The molecule has 16 N–H and O–H groups in total. The molecule has 2 heterocycles. The first-order valence-electron chi connectivity index (χ1n) is 38.5. The van der Waals surface area contributed by atoms with Crippen LogP contribution in [0.25, 0.3) is 10.8 Å². The zero-order chi connectivity index (χ0) is 81.7. The van der Waals surface area contributed by atoms with E-state index < -0.39 is 132 Å².